The Hall–Kier alpha value is -2.90. The predicted molar refractivity (Wildman–Crippen MR) is 97.0 cm³/mol. The second-order valence-corrected chi connectivity index (χ2v) is 5.47. The number of nitrogens with zero attached hydrogens (tertiary/aromatic N) is 3. The third-order valence-corrected chi connectivity index (χ3v) is 3.77. The van der Waals surface area contributed by atoms with Crippen molar-refractivity contribution in [3.05, 3.63) is 60.7 Å². The number of methoxy groups -OCH3 is 2. The molecule has 1 N–H and O–H groups in total. The number of ether oxygens (including phenoxy) is 2. The zero-order valence-electron chi connectivity index (χ0n) is 14.5. The molecule has 0 radical (unpaired) electrons. The normalized spacial score (nSPS) is 10.9. The molecule has 26 heavy (non-hydrogen) atoms. The molecule has 2 aromatic heterocycles. The Morgan fingerprint density at radius 3 is 2.58 bits per heavy atom. The summed E-state index contributed by atoms with van der Waals surface area (Å²) in [5.41, 5.74) is 1.62. The molecule has 0 amide bonds. The third kappa shape index (κ3) is 4.19. The molecule has 0 spiro atoms. The molecule has 1 aromatic carbocycles. The number of aromatic nitrogens is 3. The number of pyridine rings is 1. The monoisotopic (exact) mass is 354 g/mol. The molecule has 3 aromatic rings. The maximum absolute atomic E-state index is 14.2. The molecule has 0 bridgehead atoms. The average Bonchev–Trinajstić information content (AvgIpc) is 2.69. The van der Waals surface area contributed by atoms with E-state index in [0.717, 1.165) is 5.56 Å². The minimum Gasteiger partial charge on any atom is -0.365 e. The lowest BCUT2D eigenvalue weighted by molar-refractivity contribution is -0.0914. The van der Waals surface area contributed by atoms with E-state index in [1.54, 1.807) is 56.9 Å². The van der Waals surface area contributed by atoms with Gasteiger partial charge in [0.2, 0.25) is 0 Å². The minimum atomic E-state index is -0.427. The van der Waals surface area contributed by atoms with Gasteiger partial charge in [-0.15, -0.1) is 0 Å². The quantitative estimate of drug-likeness (QED) is 0.656. The summed E-state index contributed by atoms with van der Waals surface area (Å²) >= 11 is 0. The van der Waals surface area contributed by atoms with Gasteiger partial charge in [0.15, 0.2) is 12.1 Å². The molecule has 0 fully saturated rings. The van der Waals surface area contributed by atoms with E-state index < -0.39 is 6.29 Å². The van der Waals surface area contributed by atoms with Crippen LogP contribution in [0.3, 0.4) is 0 Å². The van der Waals surface area contributed by atoms with E-state index in [-0.39, 0.29) is 5.82 Å². The van der Waals surface area contributed by atoms with Crippen molar-refractivity contribution in [1.29, 1.82) is 0 Å². The smallest absolute Gasteiger partial charge is 0.173 e. The van der Waals surface area contributed by atoms with E-state index in [1.165, 1.54) is 6.07 Å². The minimum absolute atomic E-state index is 0.346. The van der Waals surface area contributed by atoms with Gasteiger partial charge in [-0.05, 0) is 24.3 Å². The highest BCUT2D eigenvalue weighted by Crippen LogP contribution is 2.26. The van der Waals surface area contributed by atoms with Crippen LogP contribution in [-0.4, -0.2) is 42.0 Å². The molecule has 3 rings (SSSR count). The average molecular weight is 354 g/mol. The fourth-order valence-corrected chi connectivity index (χ4v) is 2.42. The zero-order valence-corrected chi connectivity index (χ0v) is 14.5. The number of hydrogen-bond acceptors (Lipinski definition) is 6. The second kappa shape index (κ2) is 8.46. The van der Waals surface area contributed by atoms with Crippen LogP contribution in [0.2, 0.25) is 0 Å². The third-order valence-electron chi connectivity index (χ3n) is 3.77. The number of halogens is 1. The number of benzene rings is 1. The molecule has 0 saturated heterocycles. The summed E-state index contributed by atoms with van der Waals surface area (Å²) in [6, 6.07) is 11.8. The SMILES string of the molecule is COC(CNc1cc(-c2ccccc2F)nc(-c2cccnc2)n1)OC. The van der Waals surface area contributed by atoms with Gasteiger partial charge < -0.3 is 14.8 Å². The first-order valence-corrected chi connectivity index (χ1v) is 8.05. The van der Waals surface area contributed by atoms with Crippen LogP contribution in [0.5, 0.6) is 0 Å². The van der Waals surface area contributed by atoms with Crippen molar-refractivity contribution in [2.24, 2.45) is 0 Å². The molecule has 0 aliphatic rings. The van der Waals surface area contributed by atoms with Gasteiger partial charge in [0.25, 0.3) is 0 Å². The van der Waals surface area contributed by atoms with E-state index in [9.17, 15) is 4.39 Å². The summed E-state index contributed by atoms with van der Waals surface area (Å²) < 4.78 is 24.6. The maximum atomic E-state index is 14.2. The van der Waals surface area contributed by atoms with Crippen molar-refractivity contribution in [2.75, 3.05) is 26.1 Å². The van der Waals surface area contributed by atoms with Gasteiger partial charge in [-0.1, -0.05) is 12.1 Å². The summed E-state index contributed by atoms with van der Waals surface area (Å²) in [5, 5.41) is 3.14. The van der Waals surface area contributed by atoms with Gasteiger partial charge in [0.1, 0.15) is 11.6 Å². The topological polar surface area (TPSA) is 69.2 Å². The first kappa shape index (κ1) is 17.9. The van der Waals surface area contributed by atoms with Crippen LogP contribution >= 0.6 is 0 Å². The summed E-state index contributed by atoms with van der Waals surface area (Å²) in [4.78, 5) is 13.1. The largest absolute Gasteiger partial charge is 0.365 e. The summed E-state index contributed by atoms with van der Waals surface area (Å²) in [6.45, 7) is 0.382. The van der Waals surface area contributed by atoms with Crippen molar-refractivity contribution < 1.29 is 13.9 Å². The van der Waals surface area contributed by atoms with Gasteiger partial charge in [-0.3, -0.25) is 4.98 Å². The number of rotatable bonds is 7. The maximum Gasteiger partial charge on any atom is 0.173 e. The van der Waals surface area contributed by atoms with E-state index >= 15 is 0 Å². The highest BCUT2D eigenvalue weighted by atomic mass is 19.1. The fourth-order valence-electron chi connectivity index (χ4n) is 2.42. The van der Waals surface area contributed by atoms with Crippen LogP contribution in [0.15, 0.2) is 54.9 Å². The van der Waals surface area contributed by atoms with E-state index in [2.05, 4.69) is 20.3 Å². The first-order valence-electron chi connectivity index (χ1n) is 8.05. The molecule has 0 saturated carbocycles. The Morgan fingerprint density at radius 1 is 1.08 bits per heavy atom. The van der Waals surface area contributed by atoms with Crippen LogP contribution in [-0.2, 0) is 9.47 Å². The standard InChI is InChI=1S/C19H19FN4O2/c1-25-18(26-2)12-22-17-10-16(14-7-3-4-8-15(14)20)23-19(24-17)13-6-5-9-21-11-13/h3-11,18H,12H2,1-2H3,(H,22,23,24). The first-order chi connectivity index (χ1) is 12.7. The van der Waals surface area contributed by atoms with Gasteiger partial charge in [-0.25, -0.2) is 14.4 Å². The van der Waals surface area contributed by atoms with Gasteiger partial charge in [0, 0.05) is 43.8 Å². The van der Waals surface area contributed by atoms with Crippen molar-refractivity contribution >= 4 is 5.82 Å². The Morgan fingerprint density at radius 2 is 1.88 bits per heavy atom. The molecule has 134 valence electrons. The summed E-state index contributed by atoms with van der Waals surface area (Å²) in [7, 11) is 3.11. The van der Waals surface area contributed by atoms with E-state index in [0.29, 0.717) is 29.4 Å². The molecule has 0 aliphatic heterocycles. The molecule has 6 nitrogen and oxygen atoms in total. The fraction of sp³-hybridized carbons (Fsp3) is 0.211. The second-order valence-electron chi connectivity index (χ2n) is 5.47. The van der Waals surface area contributed by atoms with Crippen molar-refractivity contribution in [3.63, 3.8) is 0 Å². The molecule has 2 heterocycles. The van der Waals surface area contributed by atoms with Gasteiger partial charge in [-0.2, -0.15) is 0 Å². The van der Waals surface area contributed by atoms with Crippen LogP contribution in [0.25, 0.3) is 22.6 Å². The highest BCUT2D eigenvalue weighted by molar-refractivity contribution is 5.67. The molecule has 0 aliphatic carbocycles. The summed E-state index contributed by atoms with van der Waals surface area (Å²) in [6.07, 6.45) is 2.91. The van der Waals surface area contributed by atoms with Crippen LogP contribution in [0, 0.1) is 5.82 Å². The lowest BCUT2D eigenvalue weighted by Gasteiger charge is -2.15. The Bertz CT molecular complexity index is 857. The van der Waals surface area contributed by atoms with Crippen LogP contribution in [0.1, 0.15) is 0 Å². The molecule has 0 atom stereocenters. The lowest BCUT2D eigenvalue weighted by Crippen LogP contribution is -2.24. The number of hydrogen-bond donors (Lipinski definition) is 1. The van der Waals surface area contributed by atoms with Crippen molar-refractivity contribution in [2.45, 2.75) is 6.29 Å². The Kier molecular flexibility index (Phi) is 5.83. The lowest BCUT2D eigenvalue weighted by atomic mass is 10.1. The van der Waals surface area contributed by atoms with E-state index in [1.807, 2.05) is 6.07 Å². The number of nitrogens with one attached hydrogen (secondary N) is 1. The van der Waals surface area contributed by atoms with E-state index in [4.69, 9.17) is 9.47 Å². The Labute approximate surface area is 151 Å². The Balaban J connectivity index is 2.01. The highest BCUT2D eigenvalue weighted by Gasteiger charge is 2.13. The summed E-state index contributed by atoms with van der Waals surface area (Å²) in [5.74, 6) is 0.643. The molecule has 7 heteroatoms. The van der Waals surface area contributed by atoms with Crippen LogP contribution in [0.4, 0.5) is 10.2 Å². The zero-order chi connectivity index (χ0) is 18.4. The molecular weight excluding hydrogens is 335 g/mol. The predicted octanol–water partition coefficient (Wildman–Crippen LogP) is 3.38. The van der Waals surface area contributed by atoms with Gasteiger partial charge in [0.05, 0.1) is 12.2 Å². The molecule has 0 unspecified atom stereocenters. The molecular formula is C19H19FN4O2. The van der Waals surface area contributed by atoms with Crippen LogP contribution < -0.4 is 5.32 Å². The van der Waals surface area contributed by atoms with Gasteiger partial charge >= 0.3 is 0 Å². The van der Waals surface area contributed by atoms with Crippen molar-refractivity contribution in [3.8, 4) is 22.6 Å². The van der Waals surface area contributed by atoms with Crippen molar-refractivity contribution in [1.82, 2.24) is 15.0 Å². The number of anilines is 1.